The van der Waals surface area contributed by atoms with Crippen LogP contribution < -0.4 is 5.32 Å². The molecule has 0 bridgehead atoms. The molecule has 1 rings (SSSR count). The molecule has 0 radical (unpaired) electrons. The van der Waals surface area contributed by atoms with Crippen LogP contribution in [0.1, 0.15) is 41.8 Å². The summed E-state index contributed by atoms with van der Waals surface area (Å²) < 4.78 is 0. The monoisotopic (exact) mass is 326 g/mol. The highest BCUT2D eigenvalue weighted by Gasteiger charge is 2.15. The third-order valence-corrected chi connectivity index (χ3v) is 3.96. The molecule has 6 nitrogen and oxygen atoms in total. The average Bonchev–Trinajstić information content (AvgIpc) is 2.99. The lowest BCUT2D eigenvalue weighted by atomic mass is 10.1. The van der Waals surface area contributed by atoms with Crippen LogP contribution in [-0.2, 0) is 9.59 Å². The molecule has 0 aliphatic carbocycles. The number of rotatable bonds is 10. The highest BCUT2D eigenvalue weighted by atomic mass is 32.1. The van der Waals surface area contributed by atoms with Crippen molar-refractivity contribution in [3.8, 4) is 0 Å². The third-order valence-electron chi connectivity index (χ3n) is 3.10. The van der Waals surface area contributed by atoms with Gasteiger partial charge >= 0.3 is 5.97 Å². The van der Waals surface area contributed by atoms with Crippen molar-refractivity contribution in [3.05, 3.63) is 22.4 Å². The second kappa shape index (κ2) is 9.94. The molecule has 0 aliphatic heterocycles. The molecule has 0 saturated heterocycles. The summed E-state index contributed by atoms with van der Waals surface area (Å²) in [5.74, 6) is -1.11. The Kier molecular flexibility index (Phi) is 8.21. The summed E-state index contributed by atoms with van der Waals surface area (Å²) in [5.41, 5.74) is 0. The lowest BCUT2D eigenvalue weighted by Crippen LogP contribution is -2.38. The topological polar surface area (TPSA) is 86.7 Å². The minimum absolute atomic E-state index is 0.0374. The van der Waals surface area contributed by atoms with Gasteiger partial charge in [0.1, 0.15) is 0 Å². The van der Waals surface area contributed by atoms with Gasteiger partial charge in [0, 0.05) is 20.0 Å². The quantitative estimate of drug-likeness (QED) is 0.644. The van der Waals surface area contributed by atoms with E-state index in [0.29, 0.717) is 17.8 Å². The predicted molar refractivity (Wildman–Crippen MR) is 85.0 cm³/mol. The molecule has 2 N–H and O–H groups in total. The van der Waals surface area contributed by atoms with Crippen molar-refractivity contribution >= 4 is 29.1 Å². The predicted octanol–water partition coefficient (Wildman–Crippen LogP) is 1.97. The molecule has 0 spiro atoms. The summed E-state index contributed by atoms with van der Waals surface area (Å²) in [7, 11) is 1.60. The highest BCUT2D eigenvalue weighted by Crippen LogP contribution is 2.10. The molecule has 2 amide bonds. The lowest BCUT2D eigenvalue weighted by Gasteiger charge is -2.15. The number of aliphatic carboxylic acids is 1. The minimum Gasteiger partial charge on any atom is -0.481 e. The second-order valence-electron chi connectivity index (χ2n) is 5.05. The molecule has 0 atom stereocenters. The normalized spacial score (nSPS) is 10.2. The van der Waals surface area contributed by atoms with Gasteiger partial charge in [-0.25, -0.2) is 0 Å². The first-order valence-corrected chi connectivity index (χ1v) is 8.16. The number of likely N-dealkylation sites (N-methyl/N-ethyl adjacent to an activating group) is 1. The molecule has 22 heavy (non-hydrogen) atoms. The van der Waals surface area contributed by atoms with Gasteiger partial charge in [0.05, 0.1) is 11.4 Å². The maximum atomic E-state index is 12.0. The number of carbonyl (C=O) groups excluding carboxylic acids is 2. The summed E-state index contributed by atoms with van der Waals surface area (Å²) in [4.78, 5) is 36.0. The van der Waals surface area contributed by atoms with E-state index in [1.54, 1.807) is 19.2 Å². The van der Waals surface area contributed by atoms with E-state index in [2.05, 4.69) is 5.32 Å². The molecule has 122 valence electrons. The molecule has 0 aliphatic rings. The van der Waals surface area contributed by atoms with Crippen molar-refractivity contribution in [3.63, 3.8) is 0 Å². The number of hydrogen-bond donors (Lipinski definition) is 2. The van der Waals surface area contributed by atoms with Crippen LogP contribution in [0.5, 0.6) is 0 Å². The van der Waals surface area contributed by atoms with Gasteiger partial charge in [0.15, 0.2) is 0 Å². The summed E-state index contributed by atoms with van der Waals surface area (Å²) in [6.45, 7) is 0.586. The van der Waals surface area contributed by atoms with Gasteiger partial charge in [-0.2, -0.15) is 0 Å². The molecule has 1 heterocycles. The molecular formula is C15H22N2O4S. The molecule has 0 unspecified atom stereocenters. The van der Waals surface area contributed by atoms with Crippen molar-refractivity contribution in [1.29, 1.82) is 0 Å². The average molecular weight is 326 g/mol. The third kappa shape index (κ3) is 7.21. The minimum atomic E-state index is -0.772. The van der Waals surface area contributed by atoms with E-state index >= 15 is 0 Å². The molecule has 1 aromatic rings. The Morgan fingerprint density at radius 3 is 2.59 bits per heavy atom. The van der Waals surface area contributed by atoms with Gasteiger partial charge in [-0.3, -0.25) is 14.4 Å². The molecule has 0 aromatic carbocycles. The first-order valence-electron chi connectivity index (χ1n) is 7.28. The van der Waals surface area contributed by atoms with Crippen LogP contribution in [0.25, 0.3) is 0 Å². The summed E-state index contributed by atoms with van der Waals surface area (Å²) in [6.07, 6.45) is 3.41. The SMILES string of the molecule is CN(CC(=O)NCCCCCCC(=O)O)C(=O)c1cccs1. The Hall–Kier alpha value is -1.89. The Morgan fingerprint density at radius 1 is 1.23 bits per heavy atom. The van der Waals surface area contributed by atoms with E-state index in [4.69, 9.17) is 5.11 Å². The Labute approximate surface area is 134 Å². The van der Waals surface area contributed by atoms with Crippen LogP contribution in [-0.4, -0.2) is 47.9 Å². The number of thiophene rings is 1. The zero-order valence-electron chi connectivity index (χ0n) is 12.7. The summed E-state index contributed by atoms with van der Waals surface area (Å²) in [6, 6.07) is 3.54. The zero-order valence-corrected chi connectivity index (χ0v) is 13.5. The smallest absolute Gasteiger partial charge is 0.303 e. The van der Waals surface area contributed by atoms with Gasteiger partial charge in [-0.1, -0.05) is 18.9 Å². The van der Waals surface area contributed by atoms with Crippen LogP contribution in [0.3, 0.4) is 0 Å². The number of nitrogens with zero attached hydrogens (tertiary/aromatic N) is 1. The molecule has 7 heteroatoms. The van der Waals surface area contributed by atoms with E-state index < -0.39 is 5.97 Å². The molecular weight excluding hydrogens is 304 g/mol. The van der Waals surface area contributed by atoms with Gasteiger partial charge in [0.2, 0.25) is 5.91 Å². The van der Waals surface area contributed by atoms with Crippen molar-refractivity contribution in [2.45, 2.75) is 32.1 Å². The first-order chi connectivity index (χ1) is 10.5. The van der Waals surface area contributed by atoms with E-state index in [1.807, 2.05) is 5.38 Å². The fourth-order valence-corrected chi connectivity index (χ4v) is 2.63. The first kappa shape index (κ1) is 18.2. The van der Waals surface area contributed by atoms with E-state index in [-0.39, 0.29) is 24.8 Å². The van der Waals surface area contributed by atoms with Crippen molar-refractivity contribution in [2.24, 2.45) is 0 Å². The van der Waals surface area contributed by atoms with E-state index in [9.17, 15) is 14.4 Å². The van der Waals surface area contributed by atoms with Gasteiger partial charge in [-0.15, -0.1) is 11.3 Å². The Balaban J connectivity index is 2.10. The number of amides is 2. The fraction of sp³-hybridized carbons (Fsp3) is 0.533. The summed E-state index contributed by atoms with van der Waals surface area (Å²) in [5, 5.41) is 13.1. The fourth-order valence-electron chi connectivity index (χ4n) is 1.91. The number of hydrogen-bond acceptors (Lipinski definition) is 4. The second-order valence-corrected chi connectivity index (χ2v) is 5.99. The van der Waals surface area contributed by atoms with Crippen LogP contribution in [0.4, 0.5) is 0 Å². The van der Waals surface area contributed by atoms with E-state index in [0.717, 1.165) is 19.3 Å². The largest absolute Gasteiger partial charge is 0.481 e. The van der Waals surface area contributed by atoms with Crippen molar-refractivity contribution in [1.82, 2.24) is 10.2 Å². The van der Waals surface area contributed by atoms with Crippen molar-refractivity contribution < 1.29 is 19.5 Å². The maximum absolute atomic E-state index is 12.0. The van der Waals surface area contributed by atoms with Gasteiger partial charge in [-0.05, 0) is 24.3 Å². The highest BCUT2D eigenvalue weighted by molar-refractivity contribution is 7.12. The Morgan fingerprint density at radius 2 is 1.95 bits per heavy atom. The zero-order chi connectivity index (χ0) is 16.4. The van der Waals surface area contributed by atoms with Crippen LogP contribution in [0.2, 0.25) is 0 Å². The number of nitrogens with one attached hydrogen (secondary N) is 1. The van der Waals surface area contributed by atoms with E-state index in [1.165, 1.54) is 16.2 Å². The maximum Gasteiger partial charge on any atom is 0.303 e. The Bertz CT molecular complexity index is 488. The molecule has 1 aromatic heterocycles. The van der Waals surface area contributed by atoms with Crippen LogP contribution in [0.15, 0.2) is 17.5 Å². The molecule has 0 fully saturated rings. The number of unbranched alkanes of at least 4 members (excludes halogenated alkanes) is 3. The van der Waals surface area contributed by atoms with Crippen LogP contribution >= 0.6 is 11.3 Å². The number of carbonyl (C=O) groups is 3. The van der Waals surface area contributed by atoms with Gasteiger partial charge < -0.3 is 15.3 Å². The summed E-state index contributed by atoms with van der Waals surface area (Å²) >= 11 is 1.35. The van der Waals surface area contributed by atoms with Crippen molar-refractivity contribution in [2.75, 3.05) is 20.1 Å². The van der Waals surface area contributed by atoms with Gasteiger partial charge in [0.25, 0.3) is 5.91 Å². The standard InChI is InChI=1S/C15H22N2O4S/c1-17(15(21)12-7-6-10-22-12)11-13(18)16-9-5-3-2-4-8-14(19)20/h6-7,10H,2-5,8-9,11H2,1H3,(H,16,18)(H,19,20). The number of carboxylic acids is 1. The number of carboxylic acid groups (broad SMARTS) is 1. The van der Waals surface area contributed by atoms with Crippen LogP contribution in [0, 0.1) is 0 Å². The lowest BCUT2D eigenvalue weighted by molar-refractivity contribution is -0.137. The molecule has 0 saturated carbocycles.